The van der Waals surface area contributed by atoms with Gasteiger partial charge in [-0.3, -0.25) is 19.3 Å². The zero-order valence-corrected chi connectivity index (χ0v) is 15.3. The molecule has 7 nitrogen and oxygen atoms in total. The number of anilines is 2. The molecule has 0 aromatic heterocycles. The highest BCUT2D eigenvalue weighted by atomic mass is 35.5. The molecule has 2 saturated heterocycles. The normalized spacial score (nSPS) is 20.1. The Morgan fingerprint density at radius 3 is 2.50 bits per heavy atom. The molecule has 2 fully saturated rings. The first-order valence-corrected chi connectivity index (χ1v) is 8.72. The molecular weight excluding hydrogens is 358 g/mol. The zero-order chi connectivity index (χ0) is 17.8. The largest absolute Gasteiger partial charge is 0.480 e. The summed E-state index contributed by atoms with van der Waals surface area (Å²) in [5, 5.41) is 12.0. The number of hydrogen-bond donors (Lipinski definition) is 2. The summed E-state index contributed by atoms with van der Waals surface area (Å²) >= 11 is 0. The van der Waals surface area contributed by atoms with Crippen molar-refractivity contribution < 1.29 is 19.5 Å². The fourth-order valence-electron chi connectivity index (χ4n) is 3.49. The van der Waals surface area contributed by atoms with E-state index < -0.39 is 12.0 Å². The Morgan fingerprint density at radius 1 is 1.15 bits per heavy atom. The topological polar surface area (TPSA) is 89.9 Å². The standard InChI is InChI=1S/C18H23N3O4.ClH/c22-16(9-12-20-10-1-3-15(20)18(24)25)19-13-5-7-14(8-6-13)21-11-2-4-17(21)23;/h5-8,15H,1-4,9-12H2,(H,19,22)(H,24,25);1H. The van der Waals surface area contributed by atoms with Crippen molar-refractivity contribution in [3.05, 3.63) is 24.3 Å². The Bertz CT molecular complexity index is 665. The molecule has 142 valence electrons. The van der Waals surface area contributed by atoms with Crippen LogP contribution in [0.1, 0.15) is 32.1 Å². The molecule has 2 heterocycles. The molecule has 0 radical (unpaired) electrons. The highest BCUT2D eigenvalue weighted by Crippen LogP contribution is 2.23. The molecule has 0 bridgehead atoms. The van der Waals surface area contributed by atoms with Gasteiger partial charge >= 0.3 is 5.97 Å². The first kappa shape index (κ1) is 20.2. The van der Waals surface area contributed by atoms with E-state index >= 15 is 0 Å². The van der Waals surface area contributed by atoms with E-state index in [-0.39, 0.29) is 30.6 Å². The van der Waals surface area contributed by atoms with Crippen molar-refractivity contribution in [3.8, 4) is 0 Å². The Hall–Kier alpha value is -2.12. The average Bonchev–Trinajstić information content (AvgIpc) is 3.22. The zero-order valence-electron chi connectivity index (χ0n) is 14.5. The predicted molar refractivity (Wildman–Crippen MR) is 101 cm³/mol. The van der Waals surface area contributed by atoms with E-state index in [0.717, 1.165) is 31.6 Å². The lowest BCUT2D eigenvalue weighted by atomic mass is 10.2. The molecule has 1 atom stereocenters. The number of hydrogen-bond acceptors (Lipinski definition) is 4. The van der Waals surface area contributed by atoms with Crippen LogP contribution in [-0.2, 0) is 14.4 Å². The number of aliphatic carboxylic acids is 1. The number of likely N-dealkylation sites (tertiary alicyclic amines) is 1. The molecule has 2 N–H and O–H groups in total. The van der Waals surface area contributed by atoms with Crippen molar-refractivity contribution in [2.75, 3.05) is 29.9 Å². The smallest absolute Gasteiger partial charge is 0.320 e. The first-order valence-electron chi connectivity index (χ1n) is 8.72. The third kappa shape index (κ3) is 4.74. The SMILES string of the molecule is Cl.O=C(CCN1CCCC1C(=O)O)Nc1ccc(N2CCCC2=O)cc1. The lowest BCUT2D eigenvalue weighted by Gasteiger charge is -2.20. The second kappa shape index (κ2) is 9.00. The molecule has 1 aromatic rings. The summed E-state index contributed by atoms with van der Waals surface area (Å²) in [6.45, 7) is 1.91. The third-order valence-electron chi connectivity index (χ3n) is 4.81. The maximum Gasteiger partial charge on any atom is 0.320 e. The van der Waals surface area contributed by atoms with Gasteiger partial charge < -0.3 is 15.3 Å². The van der Waals surface area contributed by atoms with Gasteiger partial charge in [0.1, 0.15) is 6.04 Å². The highest BCUT2D eigenvalue weighted by molar-refractivity contribution is 5.96. The molecule has 1 aromatic carbocycles. The summed E-state index contributed by atoms with van der Waals surface area (Å²) in [7, 11) is 0. The molecule has 2 aliphatic heterocycles. The first-order chi connectivity index (χ1) is 12.0. The van der Waals surface area contributed by atoms with Crippen LogP contribution in [0.5, 0.6) is 0 Å². The molecule has 2 amide bonds. The number of carbonyl (C=O) groups excluding carboxylic acids is 2. The minimum Gasteiger partial charge on any atom is -0.480 e. The van der Waals surface area contributed by atoms with Crippen LogP contribution in [0, 0.1) is 0 Å². The van der Waals surface area contributed by atoms with Crippen LogP contribution in [0.15, 0.2) is 24.3 Å². The van der Waals surface area contributed by atoms with Gasteiger partial charge in [0.25, 0.3) is 0 Å². The second-order valence-electron chi connectivity index (χ2n) is 6.53. The average molecular weight is 382 g/mol. The van der Waals surface area contributed by atoms with Crippen LogP contribution in [-0.4, -0.2) is 53.5 Å². The number of carboxylic acids is 1. The summed E-state index contributed by atoms with van der Waals surface area (Å²) in [6, 6.07) is 6.77. The van der Waals surface area contributed by atoms with Gasteiger partial charge in [-0.15, -0.1) is 12.4 Å². The number of benzene rings is 1. The Kier molecular flexibility index (Phi) is 6.99. The minimum atomic E-state index is -0.815. The minimum absolute atomic E-state index is 0. The van der Waals surface area contributed by atoms with Crippen molar-refractivity contribution in [2.45, 2.75) is 38.1 Å². The number of carboxylic acid groups (broad SMARTS) is 1. The predicted octanol–water partition coefficient (Wildman–Crippen LogP) is 2.11. The molecule has 1 unspecified atom stereocenters. The van der Waals surface area contributed by atoms with Gasteiger partial charge in [0.05, 0.1) is 0 Å². The quantitative estimate of drug-likeness (QED) is 0.787. The van der Waals surface area contributed by atoms with E-state index in [1.807, 2.05) is 17.0 Å². The number of carbonyl (C=O) groups is 3. The molecule has 0 aliphatic carbocycles. The van der Waals surface area contributed by atoms with Gasteiger partial charge in [-0.25, -0.2) is 0 Å². The summed E-state index contributed by atoms with van der Waals surface area (Å²) in [5.74, 6) is -0.818. The number of halogens is 1. The Labute approximate surface area is 158 Å². The van der Waals surface area contributed by atoms with E-state index in [1.54, 1.807) is 17.0 Å². The maximum absolute atomic E-state index is 12.1. The van der Waals surface area contributed by atoms with Crippen molar-refractivity contribution in [2.24, 2.45) is 0 Å². The lowest BCUT2D eigenvalue weighted by molar-refractivity contribution is -0.142. The lowest BCUT2D eigenvalue weighted by Crippen LogP contribution is -2.37. The van der Waals surface area contributed by atoms with Gasteiger partial charge in [-0.05, 0) is 50.1 Å². The second-order valence-corrected chi connectivity index (χ2v) is 6.53. The van der Waals surface area contributed by atoms with Crippen LogP contribution >= 0.6 is 12.4 Å². The maximum atomic E-state index is 12.1. The van der Waals surface area contributed by atoms with Crippen LogP contribution in [0.2, 0.25) is 0 Å². The highest BCUT2D eigenvalue weighted by Gasteiger charge is 2.30. The molecule has 2 aliphatic rings. The molecular formula is C18H24ClN3O4. The van der Waals surface area contributed by atoms with Gasteiger partial charge in [0.15, 0.2) is 0 Å². The summed E-state index contributed by atoms with van der Waals surface area (Å²) in [5.41, 5.74) is 1.53. The fourth-order valence-corrected chi connectivity index (χ4v) is 3.49. The van der Waals surface area contributed by atoms with Gasteiger partial charge in [-0.2, -0.15) is 0 Å². The van der Waals surface area contributed by atoms with Crippen LogP contribution < -0.4 is 10.2 Å². The van der Waals surface area contributed by atoms with E-state index in [0.29, 0.717) is 25.1 Å². The van der Waals surface area contributed by atoms with Crippen molar-refractivity contribution in [1.29, 1.82) is 0 Å². The van der Waals surface area contributed by atoms with Crippen molar-refractivity contribution in [3.63, 3.8) is 0 Å². The molecule has 0 spiro atoms. The van der Waals surface area contributed by atoms with Crippen molar-refractivity contribution in [1.82, 2.24) is 4.90 Å². The number of nitrogens with one attached hydrogen (secondary N) is 1. The molecule has 3 rings (SSSR count). The van der Waals surface area contributed by atoms with Crippen LogP contribution in [0.25, 0.3) is 0 Å². The van der Waals surface area contributed by atoms with Gasteiger partial charge in [-0.1, -0.05) is 0 Å². The Balaban J connectivity index is 0.00000243. The molecule has 26 heavy (non-hydrogen) atoms. The summed E-state index contributed by atoms with van der Waals surface area (Å²) in [6.07, 6.45) is 3.23. The fraction of sp³-hybridized carbons (Fsp3) is 0.500. The Morgan fingerprint density at radius 2 is 1.88 bits per heavy atom. The monoisotopic (exact) mass is 381 g/mol. The van der Waals surface area contributed by atoms with Crippen molar-refractivity contribution >= 4 is 41.6 Å². The number of amides is 2. The van der Waals surface area contributed by atoms with Crippen LogP contribution in [0.3, 0.4) is 0 Å². The van der Waals surface area contributed by atoms with Crippen LogP contribution in [0.4, 0.5) is 11.4 Å². The number of nitrogens with zero attached hydrogens (tertiary/aromatic N) is 2. The van der Waals surface area contributed by atoms with Gasteiger partial charge in [0, 0.05) is 37.3 Å². The molecule has 0 saturated carbocycles. The number of rotatable bonds is 6. The molecule has 8 heteroatoms. The van der Waals surface area contributed by atoms with E-state index in [1.165, 1.54) is 0 Å². The summed E-state index contributed by atoms with van der Waals surface area (Å²) < 4.78 is 0. The van der Waals surface area contributed by atoms with Gasteiger partial charge in [0.2, 0.25) is 11.8 Å². The summed E-state index contributed by atoms with van der Waals surface area (Å²) in [4.78, 5) is 38.6. The van der Waals surface area contributed by atoms with E-state index in [9.17, 15) is 14.4 Å². The third-order valence-corrected chi connectivity index (χ3v) is 4.81. The van der Waals surface area contributed by atoms with E-state index in [2.05, 4.69) is 5.32 Å². The van der Waals surface area contributed by atoms with E-state index in [4.69, 9.17) is 5.11 Å².